The molecular weight excluding hydrogens is 490 g/mol. The molecule has 14 nitrogen and oxygen atoms in total. The van der Waals surface area contributed by atoms with Crippen molar-refractivity contribution in [3.8, 4) is 6.07 Å². The number of hydrogen-bond acceptors (Lipinski definition) is 10. The molecule has 3 heterocycles. The number of piperazine rings is 1. The number of carboxylic acids is 1. The summed E-state index contributed by atoms with van der Waals surface area (Å²) in [4.78, 5) is 37.5. The lowest BCUT2D eigenvalue weighted by molar-refractivity contribution is -0.137. The van der Waals surface area contributed by atoms with E-state index in [4.69, 9.17) is 10.4 Å². The lowest BCUT2D eigenvalue weighted by Gasteiger charge is -2.34. The summed E-state index contributed by atoms with van der Waals surface area (Å²) in [6.07, 6.45) is 1.07. The lowest BCUT2D eigenvalue weighted by Crippen LogP contribution is -2.49. The van der Waals surface area contributed by atoms with Gasteiger partial charge < -0.3 is 15.3 Å². The zero-order valence-electron chi connectivity index (χ0n) is 19.1. The largest absolute Gasteiger partial charge is 0.480 e. The molecule has 0 radical (unpaired) electrons. The quantitative estimate of drug-likeness (QED) is 0.438. The second-order valence-electron chi connectivity index (χ2n) is 7.81. The van der Waals surface area contributed by atoms with Crippen LogP contribution < -0.4 is 10.2 Å². The number of aryl methyl sites for hydroxylation is 1. The molecular formula is C21H21N9O5S. The second kappa shape index (κ2) is 10.1. The summed E-state index contributed by atoms with van der Waals surface area (Å²) in [6, 6.07) is 9.20. The average molecular weight is 512 g/mol. The van der Waals surface area contributed by atoms with E-state index in [1.807, 2.05) is 11.0 Å². The van der Waals surface area contributed by atoms with Gasteiger partial charge in [-0.2, -0.15) is 14.7 Å². The molecule has 0 aliphatic carbocycles. The first-order valence-electron chi connectivity index (χ1n) is 10.7. The summed E-state index contributed by atoms with van der Waals surface area (Å²) >= 11 is 0. The van der Waals surface area contributed by atoms with Crippen LogP contribution in [0.25, 0.3) is 0 Å². The summed E-state index contributed by atoms with van der Waals surface area (Å²) in [5.41, 5.74) is 1.21. The molecule has 186 valence electrons. The molecule has 0 bridgehead atoms. The summed E-state index contributed by atoms with van der Waals surface area (Å²) in [5, 5.41) is 24.3. The zero-order chi connectivity index (χ0) is 25.9. The summed E-state index contributed by atoms with van der Waals surface area (Å²) < 4.78 is 28.5. The zero-order valence-corrected chi connectivity index (χ0v) is 19.9. The number of sulfonamides is 1. The number of carbonyl (C=O) groups is 2. The maximum absolute atomic E-state index is 13.1. The van der Waals surface area contributed by atoms with Crippen LogP contribution in [0.2, 0.25) is 0 Å². The van der Waals surface area contributed by atoms with Gasteiger partial charge in [-0.05, 0) is 37.3 Å². The van der Waals surface area contributed by atoms with Gasteiger partial charge in [0.1, 0.15) is 24.6 Å². The average Bonchev–Trinajstić information content (AvgIpc) is 3.31. The standard InChI is InChI=1S/C21H21N9O5S/c1-14-10-16(11-22)27-21(25-14)28-6-8-29(9-7-28)36(34,35)17-4-2-15(3-5-17)26-20(33)19-23-13-24-30(19)12-18(31)32/h2-5,10,13H,6-9,12H2,1H3,(H,26,33)(H,31,32). The summed E-state index contributed by atoms with van der Waals surface area (Å²) in [6.45, 7) is 2.37. The number of nitrogens with one attached hydrogen (secondary N) is 1. The Bertz CT molecular complexity index is 1440. The fraction of sp³-hybridized carbons (Fsp3) is 0.286. The third-order valence-corrected chi connectivity index (χ3v) is 7.24. The minimum Gasteiger partial charge on any atom is -0.480 e. The number of amides is 1. The summed E-state index contributed by atoms with van der Waals surface area (Å²) in [5.74, 6) is -1.66. The normalized spacial score (nSPS) is 14.3. The molecule has 1 aliphatic heterocycles. The highest BCUT2D eigenvalue weighted by Crippen LogP contribution is 2.21. The molecule has 2 aromatic heterocycles. The van der Waals surface area contributed by atoms with E-state index in [1.165, 1.54) is 28.6 Å². The van der Waals surface area contributed by atoms with Crippen molar-refractivity contribution >= 4 is 33.5 Å². The number of hydrogen-bond donors (Lipinski definition) is 2. The van der Waals surface area contributed by atoms with Gasteiger partial charge in [-0.3, -0.25) is 9.59 Å². The number of carboxylic acid groups (broad SMARTS) is 1. The van der Waals surface area contributed by atoms with E-state index in [2.05, 4.69) is 25.4 Å². The van der Waals surface area contributed by atoms with Crippen molar-refractivity contribution in [1.29, 1.82) is 5.26 Å². The predicted octanol–water partition coefficient (Wildman–Crippen LogP) is 0.0960. The number of nitrogens with zero attached hydrogens (tertiary/aromatic N) is 8. The van der Waals surface area contributed by atoms with Crippen LogP contribution >= 0.6 is 0 Å². The maximum Gasteiger partial charge on any atom is 0.325 e. The second-order valence-corrected chi connectivity index (χ2v) is 9.75. The first kappa shape index (κ1) is 24.7. The van der Waals surface area contributed by atoms with E-state index in [1.54, 1.807) is 13.0 Å². The molecule has 1 saturated heterocycles. The topological polar surface area (TPSA) is 187 Å². The first-order chi connectivity index (χ1) is 17.2. The Balaban J connectivity index is 1.40. The number of anilines is 2. The van der Waals surface area contributed by atoms with E-state index < -0.39 is 28.4 Å². The SMILES string of the molecule is Cc1cc(C#N)nc(N2CCN(S(=O)(=O)c3ccc(NC(=O)c4ncnn4CC(=O)O)cc3)CC2)n1. The molecule has 4 rings (SSSR count). The van der Waals surface area contributed by atoms with Crippen molar-refractivity contribution in [2.24, 2.45) is 0 Å². The first-order valence-corrected chi connectivity index (χ1v) is 12.1. The van der Waals surface area contributed by atoms with Gasteiger partial charge in [0.05, 0.1) is 4.90 Å². The molecule has 1 aromatic carbocycles. The Morgan fingerprint density at radius 1 is 1.14 bits per heavy atom. The molecule has 0 saturated carbocycles. The Morgan fingerprint density at radius 3 is 2.47 bits per heavy atom. The molecule has 1 aliphatic rings. The van der Waals surface area contributed by atoms with Gasteiger partial charge >= 0.3 is 5.97 Å². The van der Waals surface area contributed by atoms with Gasteiger partial charge in [0.2, 0.25) is 21.8 Å². The third kappa shape index (κ3) is 5.29. The van der Waals surface area contributed by atoms with Gasteiger partial charge in [-0.25, -0.2) is 28.1 Å². The minimum atomic E-state index is -3.79. The number of aliphatic carboxylic acids is 1. The van der Waals surface area contributed by atoms with Crippen molar-refractivity contribution in [2.45, 2.75) is 18.4 Å². The van der Waals surface area contributed by atoms with E-state index in [-0.39, 0.29) is 29.5 Å². The highest BCUT2D eigenvalue weighted by atomic mass is 32.2. The lowest BCUT2D eigenvalue weighted by atomic mass is 10.3. The third-order valence-electron chi connectivity index (χ3n) is 5.33. The fourth-order valence-corrected chi connectivity index (χ4v) is 5.03. The van der Waals surface area contributed by atoms with Crippen molar-refractivity contribution in [1.82, 2.24) is 29.0 Å². The van der Waals surface area contributed by atoms with Gasteiger partial charge in [-0.1, -0.05) is 0 Å². The number of nitriles is 1. The van der Waals surface area contributed by atoms with E-state index in [0.717, 1.165) is 11.0 Å². The number of carbonyl (C=O) groups excluding carboxylic acids is 1. The molecule has 15 heteroatoms. The van der Waals surface area contributed by atoms with Crippen molar-refractivity contribution in [3.05, 3.63) is 53.9 Å². The van der Waals surface area contributed by atoms with E-state index in [0.29, 0.717) is 30.4 Å². The highest BCUT2D eigenvalue weighted by molar-refractivity contribution is 7.89. The fourth-order valence-electron chi connectivity index (χ4n) is 3.61. The van der Waals surface area contributed by atoms with Gasteiger partial charge in [0.15, 0.2) is 0 Å². The Labute approximate surface area is 205 Å². The minimum absolute atomic E-state index is 0.0570. The molecule has 0 spiro atoms. The molecule has 0 unspecified atom stereocenters. The Morgan fingerprint density at radius 2 is 1.83 bits per heavy atom. The molecule has 1 fully saturated rings. The van der Waals surface area contributed by atoms with Crippen molar-refractivity contribution in [2.75, 3.05) is 36.4 Å². The molecule has 3 aromatic rings. The van der Waals surface area contributed by atoms with Crippen molar-refractivity contribution < 1.29 is 23.1 Å². The van der Waals surface area contributed by atoms with E-state index >= 15 is 0 Å². The number of benzene rings is 1. The molecule has 1 amide bonds. The Hall–Kier alpha value is -4.42. The molecule has 36 heavy (non-hydrogen) atoms. The number of aromatic nitrogens is 5. The highest BCUT2D eigenvalue weighted by Gasteiger charge is 2.29. The van der Waals surface area contributed by atoms with Crippen LogP contribution in [0, 0.1) is 18.3 Å². The van der Waals surface area contributed by atoms with Crippen LogP contribution in [0.1, 0.15) is 22.0 Å². The van der Waals surface area contributed by atoms with Crippen LogP contribution in [0.5, 0.6) is 0 Å². The number of rotatable bonds is 7. The monoisotopic (exact) mass is 511 g/mol. The van der Waals surface area contributed by atoms with Crippen LogP contribution in [-0.2, 0) is 21.4 Å². The van der Waals surface area contributed by atoms with Crippen LogP contribution in [0.15, 0.2) is 41.6 Å². The van der Waals surface area contributed by atoms with E-state index in [9.17, 15) is 18.0 Å². The van der Waals surface area contributed by atoms with Crippen LogP contribution in [-0.4, -0.2) is 80.6 Å². The van der Waals surface area contributed by atoms with Gasteiger partial charge in [0.25, 0.3) is 5.91 Å². The van der Waals surface area contributed by atoms with Gasteiger partial charge in [0, 0.05) is 37.6 Å². The molecule has 2 N–H and O–H groups in total. The van der Waals surface area contributed by atoms with Crippen LogP contribution in [0.4, 0.5) is 11.6 Å². The van der Waals surface area contributed by atoms with Crippen molar-refractivity contribution in [3.63, 3.8) is 0 Å². The van der Waals surface area contributed by atoms with Gasteiger partial charge in [-0.15, -0.1) is 0 Å². The van der Waals surface area contributed by atoms with Crippen LogP contribution in [0.3, 0.4) is 0 Å². The maximum atomic E-state index is 13.1. The Kier molecular flexibility index (Phi) is 6.90. The predicted molar refractivity (Wildman–Crippen MR) is 125 cm³/mol. The summed E-state index contributed by atoms with van der Waals surface area (Å²) in [7, 11) is -3.79. The smallest absolute Gasteiger partial charge is 0.325 e. The molecule has 0 atom stereocenters.